The quantitative estimate of drug-likeness (QED) is 0.296. The maximum Gasteiger partial charge on any atom is 0.505 e. The second-order valence-corrected chi connectivity index (χ2v) is 5.26. The number of carbonyl (C=O) groups excluding carboxylic acids is 1. The Morgan fingerprint density at radius 3 is 2.05 bits per heavy atom. The molecule has 1 rings (SSSR count). The average molecular weight is 305 g/mol. The first-order valence-electron chi connectivity index (χ1n) is 5.98. The summed E-state index contributed by atoms with van der Waals surface area (Å²) in [5.74, 6) is -2.16. The monoisotopic (exact) mass is 305 g/mol. The van der Waals surface area contributed by atoms with Crippen molar-refractivity contribution in [1.29, 1.82) is 0 Å². The highest BCUT2D eigenvalue weighted by Gasteiger charge is 2.33. The van der Waals surface area contributed by atoms with Crippen molar-refractivity contribution in [2.45, 2.75) is 27.1 Å². The lowest BCUT2D eigenvalue weighted by molar-refractivity contribution is -0.126. The second-order valence-electron chi connectivity index (χ2n) is 5.26. The molecular weight excluding hydrogens is 290 g/mol. The lowest BCUT2D eigenvalue weighted by Gasteiger charge is -2.20. The predicted octanol–water partition coefficient (Wildman–Crippen LogP) is 3.28. The third kappa shape index (κ3) is 5.80. The number of rotatable bonds is 3. The fourth-order valence-electron chi connectivity index (χ4n) is 1.28. The topological polar surface area (TPSA) is 53.5 Å². The number of benzene rings is 1. The molecule has 1 aromatic rings. The number of aliphatic imine (C=N–C) groups is 1. The van der Waals surface area contributed by atoms with Gasteiger partial charge in [-0.3, -0.25) is 15.6 Å². The lowest BCUT2D eigenvalue weighted by atomic mass is 9.90. The Labute approximate surface area is 119 Å². The van der Waals surface area contributed by atoms with Gasteiger partial charge < -0.3 is 0 Å². The maximum absolute atomic E-state index is 12.7. The minimum Gasteiger partial charge on any atom is -0.300 e. The van der Waals surface area contributed by atoms with Crippen LogP contribution in [0.1, 0.15) is 20.8 Å². The van der Waals surface area contributed by atoms with Crippen LogP contribution >= 0.6 is 0 Å². The maximum atomic E-state index is 12.7. The summed E-state index contributed by atoms with van der Waals surface area (Å²) in [6.07, 6.45) is -4.88. The number of alkyl halides is 3. The molecule has 0 aliphatic rings. The number of hydrogen-bond donors (Lipinski definition) is 2. The van der Waals surface area contributed by atoms with Crippen LogP contribution in [0.3, 0.4) is 0 Å². The minimum absolute atomic E-state index is 0.285. The Hall–Kier alpha value is -2.12. The summed E-state index contributed by atoms with van der Waals surface area (Å²) >= 11 is 0. The third-order valence-corrected chi connectivity index (χ3v) is 2.30. The molecule has 0 aliphatic carbocycles. The summed E-state index contributed by atoms with van der Waals surface area (Å²) in [6.45, 7) is 4.42. The summed E-state index contributed by atoms with van der Waals surface area (Å²) in [6, 6.07) is 4.84. The van der Waals surface area contributed by atoms with E-state index in [1.165, 1.54) is 32.9 Å². The standard InChI is InChI=1S/C13H15F4N3O/c1-12(2,3)10(21)11(18-13(15,16)17)20-19-9-6-4-8(14)5-7-9/h4-7,19H,1-3H3,(H,18,20). The molecule has 0 bridgehead atoms. The summed E-state index contributed by atoms with van der Waals surface area (Å²) in [4.78, 5) is 14.4. The van der Waals surface area contributed by atoms with Gasteiger partial charge in [0.25, 0.3) is 0 Å². The van der Waals surface area contributed by atoms with Crippen LogP contribution in [0.4, 0.5) is 23.2 Å². The Morgan fingerprint density at radius 1 is 1.10 bits per heavy atom. The van der Waals surface area contributed by atoms with E-state index < -0.39 is 29.2 Å². The molecule has 0 saturated carbocycles. The number of nitrogens with one attached hydrogen (secondary N) is 2. The first-order chi connectivity index (χ1) is 9.49. The molecule has 0 fully saturated rings. The number of carbonyl (C=O) groups is 1. The Bertz CT molecular complexity index is 530. The molecule has 0 aromatic heterocycles. The third-order valence-electron chi connectivity index (χ3n) is 2.30. The summed E-state index contributed by atoms with van der Waals surface area (Å²) in [7, 11) is 0. The zero-order chi connectivity index (χ0) is 16.3. The van der Waals surface area contributed by atoms with Gasteiger partial charge in [-0.2, -0.15) is 4.99 Å². The molecule has 0 heterocycles. The van der Waals surface area contributed by atoms with Crippen LogP contribution in [0.25, 0.3) is 0 Å². The van der Waals surface area contributed by atoms with Gasteiger partial charge in [0.05, 0.1) is 5.69 Å². The highest BCUT2D eigenvalue weighted by molar-refractivity contribution is 6.40. The van der Waals surface area contributed by atoms with Crippen LogP contribution in [0.15, 0.2) is 29.3 Å². The van der Waals surface area contributed by atoms with Crippen LogP contribution in [0.2, 0.25) is 0 Å². The van der Waals surface area contributed by atoms with Crippen molar-refractivity contribution >= 4 is 17.3 Å². The van der Waals surface area contributed by atoms with Gasteiger partial charge in [-0.05, 0) is 24.3 Å². The first-order valence-corrected chi connectivity index (χ1v) is 5.98. The zero-order valence-electron chi connectivity index (χ0n) is 11.7. The van der Waals surface area contributed by atoms with Crippen molar-refractivity contribution in [3.8, 4) is 0 Å². The molecule has 2 N–H and O–H groups in total. The van der Waals surface area contributed by atoms with E-state index in [9.17, 15) is 22.4 Å². The predicted molar refractivity (Wildman–Crippen MR) is 71.1 cm³/mol. The molecule has 0 unspecified atom stereocenters. The van der Waals surface area contributed by atoms with Gasteiger partial charge in [0.1, 0.15) is 5.82 Å². The van der Waals surface area contributed by atoms with Crippen LogP contribution < -0.4 is 10.9 Å². The van der Waals surface area contributed by atoms with Crippen molar-refractivity contribution in [3.05, 3.63) is 30.1 Å². The average Bonchev–Trinajstić information content (AvgIpc) is 2.33. The molecular formula is C13H15F4N3O. The molecule has 0 atom stereocenters. The fourth-order valence-corrected chi connectivity index (χ4v) is 1.28. The molecule has 8 heteroatoms. The van der Waals surface area contributed by atoms with Gasteiger partial charge in [-0.15, -0.1) is 13.2 Å². The zero-order valence-corrected chi connectivity index (χ0v) is 11.7. The SMILES string of the molecule is CC(C)(C)C(=O)C(=NC(F)(F)F)NNc1ccc(F)cc1. The first kappa shape index (κ1) is 16.9. The fraction of sp³-hybridized carbons (Fsp3) is 0.385. The minimum atomic E-state index is -4.88. The van der Waals surface area contributed by atoms with Crippen molar-refractivity contribution in [3.63, 3.8) is 0 Å². The number of nitrogens with zero attached hydrogens (tertiary/aromatic N) is 1. The summed E-state index contributed by atoms with van der Waals surface area (Å²) in [5, 5.41) is 0. The van der Waals surface area contributed by atoms with Crippen molar-refractivity contribution in [2.24, 2.45) is 10.4 Å². The summed E-state index contributed by atoms with van der Waals surface area (Å²) in [5.41, 5.74) is 3.75. The van der Waals surface area contributed by atoms with E-state index in [1.54, 1.807) is 0 Å². The molecule has 116 valence electrons. The van der Waals surface area contributed by atoms with Gasteiger partial charge in [-0.1, -0.05) is 20.8 Å². The van der Waals surface area contributed by atoms with E-state index in [0.29, 0.717) is 0 Å². The van der Waals surface area contributed by atoms with Crippen LogP contribution in [0.5, 0.6) is 0 Å². The smallest absolute Gasteiger partial charge is 0.300 e. The van der Waals surface area contributed by atoms with E-state index in [4.69, 9.17) is 0 Å². The van der Waals surface area contributed by atoms with Gasteiger partial charge in [0, 0.05) is 5.41 Å². The van der Waals surface area contributed by atoms with Crippen molar-refractivity contribution in [2.75, 3.05) is 5.43 Å². The van der Waals surface area contributed by atoms with E-state index in [1.807, 2.05) is 0 Å². The number of ketones is 1. The van der Waals surface area contributed by atoms with Gasteiger partial charge in [0.2, 0.25) is 5.78 Å². The van der Waals surface area contributed by atoms with Gasteiger partial charge >= 0.3 is 6.30 Å². The Morgan fingerprint density at radius 2 is 1.62 bits per heavy atom. The van der Waals surface area contributed by atoms with Gasteiger partial charge in [0.15, 0.2) is 5.84 Å². The van der Waals surface area contributed by atoms with E-state index in [-0.39, 0.29) is 5.69 Å². The van der Waals surface area contributed by atoms with E-state index in [2.05, 4.69) is 15.8 Å². The number of hydrogen-bond acceptors (Lipinski definition) is 3. The van der Waals surface area contributed by atoms with Crippen molar-refractivity contribution < 1.29 is 22.4 Å². The molecule has 0 spiro atoms. The Kier molecular flexibility index (Phi) is 4.93. The molecule has 1 aromatic carbocycles. The number of anilines is 1. The Balaban J connectivity index is 2.91. The number of halogens is 4. The van der Waals surface area contributed by atoms with Gasteiger partial charge in [-0.25, -0.2) is 4.39 Å². The number of amidine groups is 1. The van der Waals surface area contributed by atoms with Crippen molar-refractivity contribution in [1.82, 2.24) is 5.43 Å². The van der Waals surface area contributed by atoms with E-state index >= 15 is 0 Å². The molecule has 0 amide bonds. The highest BCUT2D eigenvalue weighted by atomic mass is 19.4. The van der Waals surface area contributed by atoms with E-state index in [0.717, 1.165) is 12.1 Å². The molecule has 0 saturated heterocycles. The van der Waals surface area contributed by atoms with Crippen LogP contribution in [-0.4, -0.2) is 17.9 Å². The molecule has 4 nitrogen and oxygen atoms in total. The highest BCUT2D eigenvalue weighted by Crippen LogP contribution is 2.20. The van der Waals surface area contributed by atoms with Crippen LogP contribution in [-0.2, 0) is 4.79 Å². The molecule has 0 radical (unpaired) electrons. The lowest BCUT2D eigenvalue weighted by Crippen LogP contribution is -2.42. The normalized spacial score (nSPS) is 13.0. The number of hydrazine groups is 1. The van der Waals surface area contributed by atoms with Crippen LogP contribution in [0, 0.1) is 11.2 Å². The number of Topliss-reactive ketones (excluding diaryl/α,β-unsaturated/α-hetero) is 1. The largest absolute Gasteiger partial charge is 0.505 e. The molecule has 0 aliphatic heterocycles. The second kappa shape index (κ2) is 6.11. The molecule has 21 heavy (non-hydrogen) atoms. The summed E-state index contributed by atoms with van der Waals surface area (Å²) < 4.78 is 49.8.